The van der Waals surface area contributed by atoms with E-state index in [0.717, 1.165) is 0 Å². The number of hydrogen-bond acceptors (Lipinski definition) is 4. The van der Waals surface area contributed by atoms with Gasteiger partial charge in [0, 0.05) is 19.3 Å². The van der Waals surface area contributed by atoms with E-state index in [1.807, 2.05) is 6.92 Å². The number of benzene rings is 1. The van der Waals surface area contributed by atoms with Gasteiger partial charge in [0.15, 0.2) is 0 Å². The number of rotatable bonds is 6. The molecular weight excluding hydrogens is 262 g/mol. The summed E-state index contributed by atoms with van der Waals surface area (Å²) in [5.41, 5.74) is 1.01. The first-order valence-corrected chi connectivity index (χ1v) is 6.12. The number of hydrogen-bond donors (Lipinski definition) is 3. The van der Waals surface area contributed by atoms with Crippen molar-refractivity contribution >= 4 is 23.3 Å². The largest absolute Gasteiger partial charge is 0.495 e. The van der Waals surface area contributed by atoms with E-state index < -0.39 is 0 Å². The Morgan fingerprint density at radius 2 is 1.95 bits per heavy atom. The molecule has 20 heavy (non-hydrogen) atoms. The van der Waals surface area contributed by atoms with Crippen LogP contribution in [-0.2, 0) is 9.53 Å². The number of carbonyl (C=O) groups is 2. The highest BCUT2D eigenvalue weighted by Crippen LogP contribution is 2.27. The zero-order chi connectivity index (χ0) is 15.0. The molecule has 0 aromatic heterocycles. The molecule has 0 bridgehead atoms. The summed E-state index contributed by atoms with van der Waals surface area (Å²) < 4.78 is 9.89. The molecule has 3 N–H and O–H groups in total. The van der Waals surface area contributed by atoms with Gasteiger partial charge in [-0.3, -0.25) is 4.79 Å². The molecule has 0 aliphatic rings. The number of amides is 3. The van der Waals surface area contributed by atoms with Gasteiger partial charge in [-0.25, -0.2) is 4.79 Å². The zero-order valence-corrected chi connectivity index (χ0v) is 11.8. The van der Waals surface area contributed by atoms with E-state index >= 15 is 0 Å². The lowest BCUT2D eigenvalue weighted by Gasteiger charge is -2.12. The van der Waals surface area contributed by atoms with E-state index in [0.29, 0.717) is 23.7 Å². The lowest BCUT2D eigenvalue weighted by atomic mass is 10.2. The molecule has 1 aromatic rings. The minimum Gasteiger partial charge on any atom is -0.495 e. The molecule has 0 fully saturated rings. The fraction of sp³-hybridized carbons (Fsp3) is 0.385. The molecule has 0 radical (unpaired) electrons. The molecule has 0 aliphatic heterocycles. The van der Waals surface area contributed by atoms with Crippen molar-refractivity contribution in [2.45, 2.75) is 6.92 Å². The highest BCUT2D eigenvalue weighted by molar-refractivity contribution is 5.95. The molecule has 1 aromatic carbocycles. The molecule has 7 heteroatoms. The van der Waals surface area contributed by atoms with Crippen molar-refractivity contribution in [2.24, 2.45) is 0 Å². The van der Waals surface area contributed by atoms with Gasteiger partial charge < -0.3 is 25.4 Å². The molecule has 0 atom stereocenters. The number of methoxy groups -OCH3 is 2. The molecule has 0 aliphatic carbocycles. The van der Waals surface area contributed by atoms with Crippen LogP contribution < -0.4 is 20.7 Å². The number of carbonyl (C=O) groups excluding carboxylic acids is 2. The second kappa shape index (κ2) is 8.00. The van der Waals surface area contributed by atoms with Gasteiger partial charge in [-0.15, -0.1) is 0 Å². The van der Waals surface area contributed by atoms with E-state index in [1.165, 1.54) is 14.2 Å². The Bertz CT molecular complexity index is 477. The summed E-state index contributed by atoms with van der Waals surface area (Å²) in [4.78, 5) is 23.0. The third-order valence-corrected chi connectivity index (χ3v) is 2.34. The van der Waals surface area contributed by atoms with Crippen LogP contribution in [0.3, 0.4) is 0 Å². The Hall–Kier alpha value is -2.28. The Morgan fingerprint density at radius 3 is 2.55 bits per heavy atom. The van der Waals surface area contributed by atoms with Gasteiger partial charge in [0.2, 0.25) is 5.91 Å². The molecule has 3 amide bonds. The molecule has 0 unspecified atom stereocenters. The zero-order valence-electron chi connectivity index (χ0n) is 11.8. The first-order valence-electron chi connectivity index (χ1n) is 6.12. The Kier molecular flexibility index (Phi) is 6.31. The maximum atomic E-state index is 11.5. The fourth-order valence-electron chi connectivity index (χ4n) is 1.54. The minimum atomic E-state index is -0.313. The summed E-state index contributed by atoms with van der Waals surface area (Å²) in [6.45, 7) is 2.29. The van der Waals surface area contributed by atoms with Crippen molar-refractivity contribution in [3.8, 4) is 5.75 Å². The van der Waals surface area contributed by atoms with Gasteiger partial charge in [0.1, 0.15) is 12.4 Å². The number of anilines is 2. The summed E-state index contributed by atoms with van der Waals surface area (Å²) in [5, 5.41) is 7.91. The lowest BCUT2D eigenvalue weighted by molar-refractivity contribution is -0.119. The van der Waals surface area contributed by atoms with E-state index in [9.17, 15) is 9.59 Å². The van der Waals surface area contributed by atoms with E-state index in [4.69, 9.17) is 9.47 Å². The maximum Gasteiger partial charge on any atom is 0.319 e. The van der Waals surface area contributed by atoms with Gasteiger partial charge in [-0.1, -0.05) is 0 Å². The van der Waals surface area contributed by atoms with Crippen LogP contribution in [0.4, 0.5) is 16.2 Å². The lowest BCUT2D eigenvalue weighted by Crippen LogP contribution is -2.28. The van der Waals surface area contributed by atoms with Crippen LogP contribution in [0.25, 0.3) is 0 Å². The SMILES string of the molecule is CCNC(=O)Nc1ccc(OC)c(NC(=O)COC)c1. The highest BCUT2D eigenvalue weighted by Gasteiger charge is 2.09. The summed E-state index contributed by atoms with van der Waals surface area (Å²) in [6.07, 6.45) is 0. The second-order valence-corrected chi connectivity index (χ2v) is 3.88. The van der Waals surface area contributed by atoms with Gasteiger partial charge in [0.05, 0.1) is 12.8 Å². The normalized spacial score (nSPS) is 9.75. The van der Waals surface area contributed by atoms with Crippen molar-refractivity contribution in [3.05, 3.63) is 18.2 Å². The number of urea groups is 1. The number of ether oxygens (including phenoxy) is 2. The molecule has 0 saturated heterocycles. The van der Waals surface area contributed by atoms with Gasteiger partial charge in [-0.2, -0.15) is 0 Å². The average molecular weight is 281 g/mol. The van der Waals surface area contributed by atoms with Crippen LogP contribution in [0.1, 0.15) is 6.92 Å². The molecular formula is C13H19N3O4. The van der Waals surface area contributed by atoms with Crippen LogP contribution in [0.2, 0.25) is 0 Å². The van der Waals surface area contributed by atoms with Gasteiger partial charge in [0.25, 0.3) is 0 Å². The third-order valence-electron chi connectivity index (χ3n) is 2.34. The quantitative estimate of drug-likeness (QED) is 0.735. The molecule has 7 nitrogen and oxygen atoms in total. The van der Waals surface area contributed by atoms with Gasteiger partial charge >= 0.3 is 6.03 Å². The Balaban J connectivity index is 2.85. The average Bonchev–Trinajstić information content (AvgIpc) is 2.39. The highest BCUT2D eigenvalue weighted by atomic mass is 16.5. The first kappa shape index (κ1) is 15.8. The van der Waals surface area contributed by atoms with Crippen LogP contribution in [0.15, 0.2) is 18.2 Å². The van der Waals surface area contributed by atoms with Crippen molar-refractivity contribution in [3.63, 3.8) is 0 Å². The van der Waals surface area contributed by atoms with Crippen molar-refractivity contribution < 1.29 is 19.1 Å². The molecule has 0 saturated carbocycles. The van der Waals surface area contributed by atoms with E-state index in [1.54, 1.807) is 18.2 Å². The summed E-state index contributed by atoms with van der Waals surface area (Å²) in [7, 11) is 2.93. The first-order chi connectivity index (χ1) is 9.60. The van der Waals surface area contributed by atoms with Crippen molar-refractivity contribution in [2.75, 3.05) is 38.0 Å². The van der Waals surface area contributed by atoms with Gasteiger partial charge in [-0.05, 0) is 25.1 Å². The number of nitrogens with one attached hydrogen (secondary N) is 3. The summed E-state index contributed by atoms with van der Waals surface area (Å²) >= 11 is 0. The summed E-state index contributed by atoms with van der Waals surface area (Å²) in [6, 6.07) is 4.64. The molecule has 110 valence electrons. The standard InChI is InChI=1S/C13H19N3O4/c1-4-14-13(18)15-9-5-6-11(20-3)10(7-9)16-12(17)8-19-2/h5-7H,4,8H2,1-3H3,(H,16,17)(H2,14,15,18). The molecule has 0 spiro atoms. The predicted molar refractivity (Wildman–Crippen MR) is 76.2 cm³/mol. The van der Waals surface area contributed by atoms with Crippen LogP contribution in [0.5, 0.6) is 5.75 Å². The third kappa shape index (κ3) is 4.77. The maximum absolute atomic E-state index is 11.5. The second-order valence-electron chi connectivity index (χ2n) is 3.88. The van der Waals surface area contributed by atoms with E-state index in [-0.39, 0.29) is 18.5 Å². The fourth-order valence-corrected chi connectivity index (χ4v) is 1.54. The van der Waals surface area contributed by atoms with Crippen molar-refractivity contribution in [1.29, 1.82) is 0 Å². The van der Waals surface area contributed by atoms with Crippen LogP contribution >= 0.6 is 0 Å². The summed E-state index contributed by atoms with van der Waals surface area (Å²) in [5.74, 6) is 0.192. The molecule has 0 heterocycles. The monoisotopic (exact) mass is 281 g/mol. The van der Waals surface area contributed by atoms with E-state index in [2.05, 4.69) is 16.0 Å². The minimum absolute atomic E-state index is 0.0584. The Labute approximate surface area is 117 Å². The van der Waals surface area contributed by atoms with Crippen LogP contribution in [-0.4, -0.2) is 39.3 Å². The predicted octanol–water partition coefficient (Wildman–Crippen LogP) is 1.42. The van der Waals surface area contributed by atoms with Crippen molar-refractivity contribution in [1.82, 2.24) is 5.32 Å². The smallest absolute Gasteiger partial charge is 0.319 e. The van der Waals surface area contributed by atoms with Crippen LogP contribution in [0, 0.1) is 0 Å². The molecule has 1 rings (SSSR count). The Morgan fingerprint density at radius 1 is 1.20 bits per heavy atom. The topological polar surface area (TPSA) is 88.7 Å².